The van der Waals surface area contributed by atoms with Gasteiger partial charge in [0.2, 0.25) is 0 Å². The van der Waals surface area contributed by atoms with Crippen LogP contribution >= 0.6 is 0 Å². The van der Waals surface area contributed by atoms with E-state index in [0.717, 1.165) is 30.3 Å². The third-order valence-corrected chi connectivity index (χ3v) is 3.94. The zero-order valence-electron chi connectivity index (χ0n) is 11.1. The number of anilines is 1. The van der Waals surface area contributed by atoms with Gasteiger partial charge in [-0.05, 0) is 24.3 Å². The molecular formula is C13H8F5NO3S. The molecular weight excluding hydrogens is 345 g/mol. The number of halogens is 5. The minimum absolute atomic E-state index is 0.427. The maximum atomic E-state index is 13.5. The van der Waals surface area contributed by atoms with E-state index in [4.69, 9.17) is 0 Å². The van der Waals surface area contributed by atoms with Gasteiger partial charge in [-0.2, -0.15) is 0 Å². The number of rotatable bonds is 4. The van der Waals surface area contributed by atoms with E-state index in [1.54, 1.807) is 4.72 Å². The lowest BCUT2D eigenvalue weighted by Gasteiger charge is -2.14. The topological polar surface area (TPSA) is 55.4 Å². The predicted octanol–water partition coefficient (Wildman–Crippen LogP) is 3.66. The highest BCUT2D eigenvalue weighted by Crippen LogP contribution is 2.30. The van der Waals surface area contributed by atoms with E-state index in [2.05, 4.69) is 4.74 Å². The third kappa shape index (κ3) is 4.31. The number of sulfonamides is 1. The summed E-state index contributed by atoms with van der Waals surface area (Å²) in [5, 5.41) is 0. The first kappa shape index (κ1) is 17.0. The van der Waals surface area contributed by atoms with Crippen LogP contribution in [0.2, 0.25) is 0 Å². The predicted molar refractivity (Wildman–Crippen MR) is 70.3 cm³/mol. The van der Waals surface area contributed by atoms with Crippen molar-refractivity contribution >= 4 is 15.7 Å². The highest BCUT2D eigenvalue weighted by molar-refractivity contribution is 7.92. The Morgan fingerprint density at radius 2 is 1.65 bits per heavy atom. The molecule has 4 nitrogen and oxygen atoms in total. The highest BCUT2D eigenvalue weighted by atomic mass is 32.2. The molecule has 2 aromatic rings. The van der Waals surface area contributed by atoms with Crippen molar-refractivity contribution < 1.29 is 35.1 Å². The van der Waals surface area contributed by atoms with Crippen LogP contribution in [0.25, 0.3) is 0 Å². The van der Waals surface area contributed by atoms with Crippen LogP contribution in [0.15, 0.2) is 47.4 Å². The molecule has 0 fully saturated rings. The molecule has 0 unspecified atom stereocenters. The van der Waals surface area contributed by atoms with Crippen molar-refractivity contribution in [2.24, 2.45) is 0 Å². The first-order valence-electron chi connectivity index (χ1n) is 5.91. The van der Waals surface area contributed by atoms with E-state index in [0.29, 0.717) is 6.07 Å². The maximum absolute atomic E-state index is 13.5. The van der Waals surface area contributed by atoms with E-state index >= 15 is 0 Å². The molecule has 0 amide bonds. The Morgan fingerprint density at radius 1 is 1.00 bits per heavy atom. The second-order valence-corrected chi connectivity index (χ2v) is 5.88. The maximum Gasteiger partial charge on any atom is 0.573 e. The molecule has 0 aliphatic heterocycles. The molecule has 0 bridgehead atoms. The zero-order chi connectivity index (χ0) is 17.3. The van der Waals surface area contributed by atoms with Gasteiger partial charge in [0.05, 0.1) is 5.69 Å². The molecule has 2 rings (SSSR count). The molecule has 2 aromatic carbocycles. The summed E-state index contributed by atoms with van der Waals surface area (Å²) in [6.45, 7) is 0. The second kappa shape index (κ2) is 6.03. The number of hydrogen-bond donors (Lipinski definition) is 1. The van der Waals surface area contributed by atoms with Gasteiger partial charge in [-0.15, -0.1) is 13.2 Å². The first-order valence-corrected chi connectivity index (χ1v) is 7.39. The Kier molecular flexibility index (Phi) is 4.46. The van der Waals surface area contributed by atoms with Gasteiger partial charge in [-0.3, -0.25) is 4.72 Å². The fourth-order valence-corrected chi connectivity index (χ4v) is 2.85. The van der Waals surface area contributed by atoms with Crippen molar-refractivity contribution in [3.05, 3.63) is 54.1 Å². The summed E-state index contributed by atoms with van der Waals surface area (Å²) in [6, 6.07) is 5.97. The average molecular weight is 353 g/mol. The van der Waals surface area contributed by atoms with Gasteiger partial charge in [0.25, 0.3) is 10.0 Å². The molecule has 124 valence electrons. The summed E-state index contributed by atoms with van der Waals surface area (Å²) in [4.78, 5) is -0.846. The molecule has 0 aliphatic rings. The lowest BCUT2D eigenvalue weighted by Crippen LogP contribution is -2.21. The van der Waals surface area contributed by atoms with E-state index in [9.17, 15) is 30.4 Å². The molecule has 1 N–H and O–H groups in total. The van der Waals surface area contributed by atoms with Crippen LogP contribution in [0, 0.1) is 11.6 Å². The van der Waals surface area contributed by atoms with Crippen molar-refractivity contribution in [3.8, 4) is 5.75 Å². The van der Waals surface area contributed by atoms with Gasteiger partial charge in [-0.25, -0.2) is 17.2 Å². The largest absolute Gasteiger partial charge is 0.573 e. The zero-order valence-corrected chi connectivity index (χ0v) is 11.9. The van der Waals surface area contributed by atoms with Crippen LogP contribution in [-0.4, -0.2) is 14.8 Å². The average Bonchev–Trinajstić information content (AvgIpc) is 2.40. The summed E-state index contributed by atoms with van der Waals surface area (Å²) < 4.78 is 92.8. The molecule has 10 heteroatoms. The van der Waals surface area contributed by atoms with Crippen molar-refractivity contribution in [2.45, 2.75) is 11.3 Å². The van der Waals surface area contributed by atoms with Crippen LogP contribution in [0.4, 0.5) is 27.6 Å². The molecule has 0 spiro atoms. The number of benzene rings is 2. The molecule has 0 radical (unpaired) electrons. The van der Waals surface area contributed by atoms with Crippen molar-refractivity contribution in [1.29, 1.82) is 0 Å². The van der Waals surface area contributed by atoms with Gasteiger partial charge in [0.1, 0.15) is 22.3 Å². The lowest BCUT2D eigenvalue weighted by atomic mass is 10.3. The third-order valence-electron chi connectivity index (χ3n) is 2.54. The van der Waals surface area contributed by atoms with Gasteiger partial charge in [-0.1, -0.05) is 12.1 Å². The van der Waals surface area contributed by atoms with E-state index < -0.39 is 44.4 Å². The normalized spacial score (nSPS) is 12.0. The smallest absolute Gasteiger partial charge is 0.404 e. The summed E-state index contributed by atoms with van der Waals surface area (Å²) in [6.07, 6.45) is -5.10. The second-order valence-electron chi connectivity index (χ2n) is 4.22. The monoisotopic (exact) mass is 353 g/mol. The first-order chi connectivity index (χ1) is 10.6. The van der Waals surface area contributed by atoms with Crippen LogP contribution in [-0.2, 0) is 10.0 Å². The Hall–Kier alpha value is -2.36. The number of nitrogens with one attached hydrogen (secondary N) is 1. The van der Waals surface area contributed by atoms with Crippen molar-refractivity contribution in [1.82, 2.24) is 0 Å². The van der Waals surface area contributed by atoms with Crippen LogP contribution in [0.3, 0.4) is 0 Å². The number of alkyl halides is 3. The Morgan fingerprint density at radius 3 is 2.26 bits per heavy atom. The molecule has 0 aromatic heterocycles. The van der Waals surface area contributed by atoms with E-state index in [-0.39, 0.29) is 0 Å². The standard InChI is InChI=1S/C13H8F5NO3S/c14-8-5-6-10(9(15)7-8)19-23(20,21)12-4-2-1-3-11(12)22-13(16,17)18/h1-7,19H. The quantitative estimate of drug-likeness (QED) is 0.854. The van der Waals surface area contributed by atoms with E-state index in [1.165, 1.54) is 6.07 Å². The Balaban J connectivity index is 2.40. The number of para-hydroxylation sites is 1. The Labute approximate surface area is 127 Å². The van der Waals surface area contributed by atoms with Gasteiger partial charge in [0.15, 0.2) is 0 Å². The minimum atomic E-state index is -5.10. The fourth-order valence-electron chi connectivity index (χ4n) is 1.65. The molecule has 23 heavy (non-hydrogen) atoms. The SMILES string of the molecule is O=S(=O)(Nc1ccc(F)cc1F)c1ccccc1OC(F)(F)F. The van der Waals surface area contributed by atoms with Crippen LogP contribution in [0.5, 0.6) is 5.75 Å². The van der Waals surface area contributed by atoms with Crippen molar-refractivity contribution in [2.75, 3.05) is 4.72 Å². The van der Waals surface area contributed by atoms with Crippen molar-refractivity contribution in [3.63, 3.8) is 0 Å². The number of ether oxygens (including phenoxy) is 1. The summed E-state index contributed by atoms with van der Waals surface area (Å²) >= 11 is 0. The van der Waals surface area contributed by atoms with Crippen LogP contribution < -0.4 is 9.46 Å². The van der Waals surface area contributed by atoms with Gasteiger partial charge < -0.3 is 4.74 Å². The molecule has 0 heterocycles. The molecule has 0 aliphatic carbocycles. The fraction of sp³-hybridized carbons (Fsp3) is 0.0769. The summed E-state index contributed by atoms with van der Waals surface area (Å²) in [5.74, 6) is -3.14. The van der Waals surface area contributed by atoms with E-state index in [1.807, 2.05) is 0 Å². The Bertz CT molecular complexity index is 821. The molecule has 0 atom stereocenters. The van der Waals surface area contributed by atoms with Crippen LogP contribution in [0.1, 0.15) is 0 Å². The summed E-state index contributed by atoms with van der Waals surface area (Å²) in [5.41, 5.74) is -0.617. The van der Waals surface area contributed by atoms with Gasteiger partial charge >= 0.3 is 6.36 Å². The minimum Gasteiger partial charge on any atom is -0.404 e. The highest BCUT2D eigenvalue weighted by Gasteiger charge is 2.34. The van der Waals surface area contributed by atoms with Gasteiger partial charge in [0, 0.05) is 6.07 Å². The summed E-state index contributed by atoms with van der Waals surface area (Å²) in [7, 11) is -4.59. The number of hydrogen-bond acceptors (Lipinski definition) is 3. The molecule has 0 saturated heterocycles. The lowest BCUT2D eigenvalue weighted by molar-refractivity contribution is -0.275. The molecule has 0 saturated carbocycles.